The van der Waals surface area contributed by atoms with Gasteiger partial charge in [0.2, 0.25) is 5.91 Å². The summed E-state index contributed by atoms with van der Waals surface area (Å²) in [7, 11) is 1.69. The van der Waals surface area contributed by atoms with E-state index >= 15 is 0 Å². The second kappa shape index (κ2) is 9.61. The maximum Gasteiger partial charge on any atom is 0.224 e. The van der Waals surface area contributed by atoms with Crippen molar-refractivity contribution in [3.05, 3.63) is 24.0 Å². The van der Waals surface area contributed by atoms with Crippen molar-refractivity contribution in [1.29, 1.82) is 0 Å². The SMILES string of the molecule is COCCCSCCCC(=O)Nc1ccc(F)cc1N. The highest BCUT2D eigenvalue weighted by Gasteiger charge is 2.05. The molecule has 0 aliphatic carbocycles. The van der Waals surface area contributed by atoms with E-state index in [4.69, 9.17) is 10.5 Å². The zero-order valence-electron chi connectivity index (χ0n) is 11.7. The summed E-state index contributed by atoms with van der Waals surface area (Å²) >= 11 is 1.81. The second-order valence-corrected chi connectivity index (χ2v) is 5.57. The molecule has 0 saturated heterocycles. The molecule has 0 radical (unpaired) electrons. The molecule has 0 aromatic heterocycles. The molecule has 0 bridgehead atoms. The number of rotatable bonds is 9. The summed E-state index contributed by atoms with van der Waals surface area (Å²) in [5.74, 6) is 1.48. The lowest BCUT2D eigenvalue weighted by Crippen LogP contribution is -2.13. The highest BCUT2D eigenvalue weighted by molar-refractivity contribution is 7.99. The number of carbonyl (C=O) groups excluding carboxylic acids is 1. The molecule has 4 nitrogen and oxygen atoms in total. The lowest BCUT2D eigenvalue weighted by atomic mass is 10.2. The van der Waals surface area contributed by atoms with E-state index in [1.54, 1.807) is 7.11 Å². The van der Waals surface area contributed by atoms with Crippen molar-refractivity contribution in [2.75, 3.05) is 36.3 Å². The van der Waals surface area contributed by atoms with Gasteiger partial charge in [-0.15, -0.1) is 0 Å². The van der Waals surface area contributed by atoms with Crippen LogP contribution in [-0.4, -0.2) is 31.1 Å². The zero-order chi connectivity index (χ0) is 14.8. The lowest BCUT2D eigenvalue weighted by molar-refractivity contribution is -0.116. The number of ether oxygens (including phenoxy) is 1. The van der Waals surface area contributed by atoms with Gasteiger partial charge in [0.05, 0.1) is 11.4 Å². The van der Waals surface area contributed by atoms with Gasteiger partial charge in [-0.2, -0.15) is 11.8 Å². The average Bonchev–Trinajstić information content (AvgIpc) is 2.41. The first kappa shape index (κ1) is 16.8. The van der Waals surface area contributed by atoms with Crippen LogP contribution in [0.15, 0.2) is 18.2 Å². The van der Waals surface area contributed by atoms with Crippen molar-refractivity contribution in [3.8, 4) is 0 Å². The number of methoxy groups -OCH3 is 1. The summed E-state index contributed by atoms with van der Waals surface area (Å²) in [4.78, 5) is 11.7. The number of amides is 1. The summed E-state index contributed by atoms with van der Waals surface area (Å²) in [6, 6.07) is 3.95. The van der Waals surface area contributed by atoms with Gasteiger partial charge < -0.3 is 15.8 Å². The van der Waals surface area contributed by atoms with Gasteiger partial charge in [0, 0.05) is 20.1 Å². The minimum Gasteiger partial charge on any atom is -0.397 e. The Bertz CT molecular complexity index is 430. The molecule has 3 N–H and O–H groups in total. The maximum absolute atomic E-state index is 12.9. The second-order valence-electron chi connectivity index (χ2n) is 4.34. The summed E-state index contributed by atoms with van der Waals surface area (Å²) in [6.45, 7) is 0.775. The highest BCUT2D eigenvalue weighted by Crippen LogP contribution is 2.19. The Hall–Kier alpha value is -1.27. The predicted molar refractivity (Wildman–Crippen MR) is 82.5 cm³/mol. The number of anilines is 2. The molecule has 0 atom stereocenters. The fourth-order valence-corrected chi connectivity index (χ4v) is 2.48. The first-order chi connectivity index (χ1) is 9.63. The van der Waals surface area contributed by atoms with Crippen LogP contribution in [0.4, 0.5) is 15.8 Å². The number of nitrogen functional groups attached to an aromatic ring is 1. The van der Waals surface area contributed by atoms with Gasteiger partial charge in [-0.3, -0.25) is 4.79 Å². The van der Waals surface area contributed by atoms with Crippen LogP contribution >= 0.6 is 11.8 Å². The molecule has 0 aliphatic rings. The van der Waals surface area contributed by atoms with Gasteiger partial charge in [0.25, 0.3) is 0 Å². The third-order valence-corrected chi connectivity index (χ3v) is 3.77. The molecule has 0 heterocycles. The molecule has 0 saturated carbocycles. The van der Waals surface area contributed by atoms with E-state index in [1.165, 1.54) is 18.2 Å². The van der Waals surface area contributed by atoms with Crippen LogP contribution in [-0.2, 0) is 9.53 Å². The van der Waals surface area contributed by atoms with E-state index in [1.807, 2.05) is 11.8 Å². The Morgan fingerprint density at radius 1 is 1.40 bits per heavy atom. The molecule has 0 unspecified atom stereocenters. The van der Waals surface area contributed by atoms with Crippen molar-refractivity contribution in [1.82, 2.24) is 0 Å². The summed E-state index contributed by atoms with van der Waals surface area (Å²) < 4.78 is 17.8. The minimum absolute atomic E-state index is 0.0965. The molecule has 20 heavy (non-hydrogen) atoms. The third kappa shape index (κ3) is 6.77. The largest absolute Gasteiger partial charge is 0.397 e. The van der Waals surface area contributed by atoms with E-state index in [9.17, 15) is 9.18 Å². The standard InChI is InChI=1S/C14H21FN2O2S/c1-19-7-3-9-20-8-2-4-14(18)17-13-6-5-11(15)10-12(13)16/h5-6,10H,2-4,7-9,16H2,1H3,(H,17,18). The Balaban J connectivity index is 2.17. The summed E-state index contributed by atoms with van der Waals surface area (Å²) in [6.07, 6.45) is 2.28. The quantitative estimate of drug-likeness (QED) is 0.544. The average molecular weight is 300 g/mol. The highest BCUT2D eigenvalue weighted by atomic mass is 32.2. The van der Waals surface area contributed by atoms with Gasteiger partial charge >= 0.3 is 0 Å². The number of carbonyl (C=O) groups is 1. The van der Waals surface area contributed by atoms with Crippen molar-refractivity contribution < 1.29 is 13.9 Å². The van der Waals surface area contributed by atoms with E-state index < -0.39 is 5.82 Å². The molecule has 1 aromatic carbocycles. The van der Waals surface area contributed by atoms with Crippen molar-refractivity contribution in [3.63, 3.8) is 0 Å². The lowest BCUT2D eigenvalue weighted by Gasteiger charge is -2.08. The van der Waals surface area contributed by atoms with Gasteiger partial charge in [-0.1, -0.05) is 0 Å². The molecule has 0 spiro atoms. The number of nitrogens with two attached hydrogens (primary N) is 1. The molecular formula is C14H21FN2O2S. The van der Waals surface area contributed by atoms with Crippen molar-refractivity contribution >= 4 is 29.0 Å². The number of hydrogen-bond acceptors (Lipinski definition) is 4. The van der Waals surface area contributed by atoms with E-state index in [-0.39, 0.29) is 11.6 Å². The topological polar surface area (TPSA) is 64.3 Å². The molecule has 0 fully saturated rings. The van der Waals surface area contributed by atoms with Crippen LogP contribution in [0.5, 0.6) is 0 Å². The summed E-state index contributed by atoms with van der Waals surface area (Å²) in [5, 5.41) is 2.69. The van der Waals surface area contributed by atoms with Gasteiger partial charge in [0.15, 0.2) is 0 Å². The number of thioether (sulfide) groups is 1. The van der Waals surface area contributed by atoms with Crippen LogP contribution in [0.2, 0.25) is 0 Å². The van der Waals surface area contributed by atoms with Crippen LogP contribution in [0.3, 0.4) is 0 Å². The van der Waals surface area contributed by atoms with Crippen LogP contribution in [0.25, 0.3) is 0 Å². The smallest absolute Gasteiger partial charge is 0.224 e. The Kier molecular flexibility index (Phi) is 8.06. The van der Waals surface area contributed by atoms with Crippen LogP contribution < -0.4 is 11.1 Å². The first-order valence-corrected chi connectivity index (χ1v) is 7.70. The number of hydrogen-bond donors (Lipinski definition) is 2. The molecule has 6 heteroatoms. The van der Waals surface area contributed by atoms with Crippen molar-refractivity contribution in [2.24, 2.45) is 0 Å². The van der Waals surface area contributed by atoms with Crippen LogP contribution in [0, 0.1) is 5.82 Å². The fourth-order valence-electron chi connectivity index (χ4n) is 1.60. The molecule has 1 amide bonds. The Labute approximate surface area is 123 Å². The van der Waals surface area contributed by atoms with Crippen molar-refractivity contribution in [2.45, 2.75) is 19.3 Å². The zero-order valence-corrected chi connectivity index (χ0v) is 12.5. The maximum atomic E-state index is 12.9. The van der Waals surface area contributed by atoms with Gasteiger partial charge in [-0.05, 0) is 42.5 Å². The third-order valence-electron chi connectivity index (χ3n) is 2.62. The molecule has 1 aromatic rings. The van der Waals surface area contributed by atoms with Gasteiger partial charge in [-0.25, -0.2) is 4.39 Å². The van der Waals surface area contributed by atoms with E-state index in [0.717, 1.165) is 31.0 Å². The van der Waals surface area contributed by atoms with Gasteiger partial charge in [0.1, 0.15) is 5.82 Å². The predicted octanol–water partition coefficient (Wildman–Crippen LogP) is 2.90. The number of halogens is 1. The molecule has 0 aliphatic heterocycles. The van der Waals surface area contributed by atoms with E-state index in [0.29, 0.717) is 12.1 Å². The number of nitrogens with one attached hydrogen (secondary N) is 1. The molecule has 112 valence electrons. The number of benzene rings is 1. The monoisotopic (exact) mass is 300 g/mol. The Morgan fingerprint density at radius 2 is 2.15 bits per heavy atom. The summed E-state index contributed by atoms with van der Waals surface area (Å²) in [5.41, 5.74) is 6.33. The minimum atomic E-state index is -0.409. The Morgan fingerprint density at radius 3 is 2.85 bits per heavy atom. The molecule has 1 rings (SSSR count). The normalized spacial score (nSPS) is 10.5. The fraction of sp³-hybridized carbons (Fsp3) is 0.500. The van der Waals surface area contributed by atoms with Crippen LogP contribution in [0.1, 0.15) is 19.3 Å². The molecular weight excluding hydrogens is 279 g/mol. The first-order valence-electron chi connectivity index (χ1n) is 6.55. The van der Waals surface area contributed by atoms with E-state index in [2.05, 4.69) is 5.32 Å².